The first kappa shape index (κ1) is 36.2. The molecule has 0 unspecified atom stereocenters. The van der Waals surface area contributed by atoms with Crippen LogP contribution < -0.4 is 0 Å². The van der Waals surface area contributed by atoms with Crippen LogP contribution in [0.1, 0.15) is 0 Å². The Morgan fingerprint density at radius 2 is 0.597 bits per heavy atom. The highest BCUT2D eigenvalue weighted by atomic mass is 32.1. The molecule has 0 aliphatic heterocycles. The van der Waals surface area contributed by atoms with Crippen molar-refractivity contribution in [3.8, 4) is 78.7 Å². The summed E-state index contributed by atoms with van der Waals surface area (Å²) in [5, 5.41) is 4.58. The van der Waals surface area contributed by atoms with Gasteiger partial charge in [-0.05, 0) is 69.8 Å². The summed E-state index contributed by atoms with van der Waals surface area (Å²) in [6.45, 7) is 0. The Bertz CT molecular complexity index is 3650. The smallest absolute Gasteiger partial charge is 0.161 e. The molecule has 0 bridgehead atoms. The molecule has 0 spiro atoms. The average Bonchev–Trinajstić information content (AvgIpc) is 3.93. The molecule has 290 valence electrons. The van der Waals surface area contributed by atoms with E-state index in [0.717, 1.165) is 99.1 Å². The van der Waals surface area contributed by atoms with Crippen molar-refractivity contribution in [1.82, 2.24) is 19.9 Å². The molecule has 62 heavy (non-hydrogen) atoms. The topological polar surface area (TPSA) is 51.6 Å². The third-order valence-corrected chi connectivity index (χ3v) is 13.7. The van der Waals surface area contributed by atoms with Crippen molar-refractivity contribution in [3.63, 3.8) is 0 Å². The predicted molar refractivity (Wildman–Crippen MR) is 261 cm³/mol. The summed E-state index contributed by atoms with van der Waals surface area (Å²) in [5.74, 6) is 1.46. The molecule has 0 aliphatic carbocycles. The van der Waals surface area contributed by atoms with Gasteiger partial charge in [0.1, 0.15) is 9.66 Å². The SMILES string of the molecule is c1ccc(-c2nc(-c3cccc(-c4cccc(-c5cccc(-c6cccc(-c7nc(-c8ccccc8)c8c(n7)sc7ccccc78)c6)c5)c4)c3)c3c(n2)sc2ccccc23)cc1. The summed E-state index contributed by atoms with van der Waals surface area (Å²) in [5.41, 5.74) is 12.9. The van der Waals surface area contributed by atoms with Gasteiger partial charge in [0.2, 0.25) is 0 Å². The standard InChI is InChI=1S/C56H34N4S2/c1-3-15-35(16-4-1)51-49-45-27-7-9-29-47(45)61-55(49)60-54(57-51)44-26-14-24-42(34-44)40-22-12-20-38(32-40)37-19-11-21-39(31-37)41-23-13-25-43(33-41)52-50-46-28-8-10-30-48(46)62-56(50)59-53(58-52)36-17-5-2-6-18-36/h1-34H. The van der Waals surface area contributed by atoms with Crippen LogP contribution in [0.15, 0.2) is 206 Å². The normalized spacial score (nSPS) is 11.5. The van der Waals surface area contributed by atoms with E-state index in [1.807, 2.05) is 24.3 Å². The molecule has 0 radical (unpaired) electrons. The first-order chi connectivity index (χ1) is 30.7. The van der Waals surface area contributed by atoms with Crippen molar-refractivity contribution in [2.45, 2.75) is 0 Å². The van der Waals surface area contributed by atoms with E-state index in [9.17, 15) is 0 Å². The van der Waals surface area contributed by atoms with Gasteiger partial charge in [-0.25, -0.2) is 19.9 Å². The molecular weight excluding hydrogens is 793 g/mol. The number of aromatic nitrogens is 4. The Morgan fingerprint density at radius 3 is 1.10 bits per heavy atom. The van der Waals surface area contributed by atoms with Gasteiger partial charge in [-0.1, -0.05) is 170 Å². The number of thiophene rings is 2. The maximum atomic E-state index is 5.26. The molecule has 12 rings (SSSR count). The minimum Gasteiger partial charge on any atom is -0.227 e. The second kappa shape index (κ2) is 15.1. The van der Waals surface area contributed by atoms with E-state index in [2.05, 4.69) is 182 Å². The largest absolute Gasteiger partial charge is 0.227 e. The van der Waals surface area contributed by atoms with Crippen LogP contribution in [0.2, 0.25) is 0 Å². The van der Waals surface area contributed by atoms with Crippen molar-refractivity contribution in [1.29, 1.82) is 0 Å². The van der Waals surface area contributed by atoms with E-state index in [4.69, 9.17) is 19.9 Å². The van der Waals surface area contributed by atoms with Gasteiger partial charge in [0, 0.05) is 53.2 Å². The maximum Gasteiger partial charge on any atom is 0.161 e. The lowest BCUT2D eigenvalue weighted by Crippen LogP contribution is -1.94. The van der Waals surface area contributed by atoms with Gasteiger partial charge in [0.05, 0.1) is 11.4 Å². The van der Waals surface area contributed by atoms with Gasteiger partial charge < -0.3 is 0 Å². The summed E-state index contributed by atoms with van der Waals surface area (Å²) >= 11 is 3.44. The highest BCUT2D eigenvalue weighted by Gasteiger charge is 2.19. The first-order valence-electron chi connectivity index (χ1n) is 20.6. The molecule has 6 heteroatoms. The van der Waals surface area contributed by atoms with Crippen molar-refractivity contribution in [2.75, 3.05) is 0 Å². The molecule has 4 heterocycles. The quantitative estimate of drug-likeness (QED) is 0.161. The Balaban J connectivity index is 0.905. The van der Waals surface area contributed by atoms with Gasteiger partial charge >= 0.3 is 0 Å². The van der Waals surface area contributed by atoms with Crippen molar-refractivity contribution in [2.24, 2.45) is 0 Å². The lowest BCUT2D eigenvalue weighted by atomic mass is 9.94. The first-order valence-corrected chi connectivity index (χ1v) is 22.2. The zero-order valence-corrected chi connectivity index (χ0v) is 34.9. The zero-order chi connectivity index (χ0) is 41.0. The summed E-state index contributed by atoms with van der Waals surface area (Å²) in [4.78, 5) is 22.8. The van der Waals surface area contributed by atoms with Crippen LogP contribution in [-0.2, 0) is 0 Å². The van der Waals surface area contributed by atoms with E-state index < -0.39 is 0 Å². The van der Waals surface area contributed by atoms with Gasteiger partial charge in [-0.2, -0.15) is 0 Å². The highest BCUT2D eigenvalue weighted by Crippen LogP contribution is 2.42. The van der Waals surface area contributed by atoms with Crippen molar-refractivity contribution < 1.29 is 0 Å². The zero-order valence-electron chi connectivity index (χ0n) is 33.2. The number of hydrogen-bond donors (Lipinski definition) is 0. The van der Waals surface area contributed by atoms with Crippen molar-refractivity contribution >= 4 is 63.3 Å². The molecule has 0 saturated carbocycles. The van der Waals surface area contributed by atoms with E-state index in [1.165, 1.54) is 20.2 Å². The summed E-state index contributed by atoms with van der Waals surface area (Å²) in [6.07, 6.45) is 0. The fraction of sp³-hybridized carbons (Fsp3) is 0. The Hall–Kier alpha value is -7.64. The Kier molecular flexibility index (Phi) is 8.84. The molecule has 0 aliphatic rings. The Labute approximate surface area is 366 Å². The molecule has 4 nitrogen and oxygen atoms in total. The van der Waals surface area contributed by atoms with E-state index in [0.29, 0.717) is 0 Å². The van der Waals surface area contributed by atoms with Crippen LogP contribution in [0.3, 0.4) is 0 Å². The van der Waals surface area contributed by atoms with Gasteiger partial charge in [-0.15, -0.1) is 22.7 Å². The Morgan fingerprint density at radius 1 is 0.258 bits per heavy atom. The van der Waals surface area contributed by atoms with Gasteiger partial charge in [-0.3, -0.25) is 0 Å². The maximum absolute atomic E-state index is 5.26. The lowest BCUT2D eigenvalue weighted by Gasteiger charge is -2.11. The molecule has 0 fully saturated rings. The highest BCUT2D eigenvalue weighted by molar-refractivity contribution is 7.26. The number of benzene rings is 8. The molecule has 0 amide bonds. The molecule has 12 aromatic rings. The number of nitrogens with zero attached hydrogens (tertiary/aromatic N) is 4. The van der Waals surface area contributed by atoms with Crippen LogP contribution in [0.25, 0.3) is 119 Å². The summed E-state index contributed by atoms with van der Waals surface area (Å²) < 4.78 is 2.42. The number of rotatable bonds is 7. The second-order valence-corrected chi connectivity index (χ2v) is 17.5. The van der Waals surface area contributed by atoms with Crippen LogP contribution in [0, 0.1) is 0 Å². The van der Waals surface area contributed by atoms with Crippen LogP contribution in [0.5, 0.6) is 0 Å². The van der Waals surface area contributed by atoms with Gasteiger partial charge in [0.15, 0.2) is 11.6 Å². The van der Waals surface area contributed by atoms with E-state index in [-0.39, 0.29) is 0 Å². The van der Waals surface area contributed by atoms with E-state index >= 15 is 0 Å². The third kappa shape index (κ3) is 6.45. The fourth-order valence-corrected chi connectivity index (χ4v) is 10.7. The number of hydrogen-bond acceptors (Lipinski definition) is 6. The molecule has 0 atom stereocenters. The molecular formula is C56H34N4S2. The molecule has 0 N–H and O–H groups in total. The van der Waals surface area contributed by atoms with Crippen molar-refractivity contribution in [3.05, 3.63) is 206 Å². The minimum atomic E-state index is 0.724. The van der Waals surface area contributed by atoms with Crippen LogP contribution in [-0.4, -0.2) is 19.9 Å². The number of fused-ring (bicyclic) bond motifs is 6. The van der Waals surface area contributed by atoms with Crippen LogP contribution >= 0.6 is 22.7 Å². The van der Waals surface area contributed by atoms with Crippen LogP contribution in [0.4, 0.5) is 0 Å². The monoisotopic (exact) mass is 826 g/mol. The average molecular weight is 827 g/mol. The summed E-state index contributed by atoms with van der Waals surface area (Å²) in [6, 6.07) is 72.8. The third-order valence-electron chi connectivity index (χ3n) is 11.5. The predicted octanol–water partition coefficient (Wildman–Crippen LogP) is 15.7. The minimum absolute atomic E-state index is 0.724. The second-order valence-electron chi connectivity index (χ2n) is 15.4. The fourth-order valence-electron chi connectivity index (χ4n) is 8.55. The molecule has 4 aromatic heterocycles. The molecule has 8 aromatic carbocycles. The lowest BCUT2D eigenvalue weighted by molar-refractivity contribution is 1.24. The van der Waals surface area contributed by atoms with E-state index in [1.54, 1.807) is 22.7 Å². The molecule has 0 saturated heterocycles. The summed E-state index contributed by atoms with van der Waals surface area (Å²) in [7, 11) is 0. The van der Waals surface area contributed by atoms with Gasteiger partial charge in [0.25, 0.3) is 0 Å².